The summed E-state index contributed by atoms with van der Waals surface area (Å²) in [6.07, 6.45) is 8.65. The van der Waals surface area contributed by atoms with E-state index in [-0.39, 0.29) is 0 Å². The molecule has 1 N–H and O–H groups in total. The molecule has 0 spiro atoms. The zero-order valence-electron chi connectivity index (χ0n) is 12.9. The Balaban J connectivity index is 1.53. The average molecular weight is 262 g/mol. The van der Waals surface area contributed by atoms with Crippen molar-refractivity contribution < 1.29 is 0 Å². The number of rotatable bonds is 2. The molecule has 4 fully saturated rings. The molecule has 2 aliphatic carbocycles. The van der Waals surface area contributed by atoms with Crippen molar-refractivity contribution in [3.05, 3.63) is 0 Å². The van der Waals surface area contributed by atoms with Gasteiger partial charge in [0, 0.05) is 24.7 Å². The molecule has 0 radical (unpaired) electrons. The minimum atomic E-state index is 0.513. The van der Waals surface area contributed by atoms with Gasteiger partial charge in [0.25, 0.3) is 0 Å². The first-order valence-corrected chi connectivity index (χ1v) is 8.51. The molecule has 2 saturated heterocycles. The van der Waals surface area contributed by atoms with E-state index in [2.05, 4.69) is 31.0 Å². The van der Waals surface area contributed by atoms with E-state index in [1.54, 1.807) is 0 Å². The van der Waals surface area contributed by atoms with E-state index in [1.165, 1.54) is 51.6 Å². The van der Waals surface area contributed by atoms with Crippen molar-refractivity contribution in [3.8, 4) is 0 Å². The maximum absolute atomic E-state index is 4.17. The fourth-order valence-corrected chi connectivity index (χ4v) is 6.21. The molecule has 2 bridgehead atoms. The van der Waals surface area contributed by atoms with E-state index in [0.717, 1.165) is 24.0 Å². The van der Waals surface area contributed by atoms with Gasteiger partial charge in [-0.1, -0.05) is 20.8 Å². The van der Waals surface area contributed by atoms with Crippen molar-refractivity contribution in [2.75, 3.05) is 13.1 Å². The van der Waals surface area contributed by atoms with Gasteiger partial charge < -0.3 is 5.32 Å². The van der Waals surface area contributed by atoms with Crippen LogP contribution >= 0.6 is 0 Å². The first kappa shape index (κ1) is 12.6. The highest BCUT2D eigenvalue weighted by Crippen LogP contribution is 2.62. The van der Waals surface area contributed by atoms with E-state index in [1.807, 2.05) is 0 Å². The molecule has 0 amide bonds. The molecule has 3 unspecified atom stereocenters. The van der Waals surface area contributed by atoms with Gasteiger partial charge in [0.2, 0.25) is 0 Å². The number of hydrogen-bond donors (Lipinski definition) is 1. The smallest absolute Gasteiger partial charge is 0.0250 e. The summed E-state index contributed by atoms with van der Waals surface area (Å²) in [6.45, 7) is 10.3. The number of fused-ring (bicyclic) bond motifs is 3. The summed E-state index contributed by atoms with van der Waals surface area (Å²) < 4.78 is 0. The van der Waals surface area contributed by atoms with Gasteiger partial charge in [-0.3, -0.25) is 4.90 Å². The number of hydrogen-bond acceptors (Lipinski definition) is 2. The first-order chi connectivity index (χ1) is 9.01. The summed E-state index contributed by atoms with van der Waals surface area (Å²) in [4.78, 5) is 2.74. The van der Waals surface area contributed by atoms with Crippen LogP contribution in [0.4, 0.5) is 0 Å². The Morgan fingerprint density at radius 1 is 1.05 bits per heavy atom. The molecule has 0 aromatic heterocycles. The lowest BCUT2D eigenvalue weighted by Crippen LogP contribution is -2.55. The largest absolute Gasteiger partial charge is 0.309 e. The quantitative estimate of drug-likeness (QED) is 0.823. The third-order valence-corrected chi connectivity index (χ3v) is 7.26. The highest BCUT2D eigenvalue weighted by Gasteiger charge is 2.60. The molecule has 2 heterocycles. The standard InChI is InChI=1S/C17H30N2/c1-16(2)12-6-8-17(3,11-12)15(16)18-13-7-10-19-9-4-5-14(13)19/h12-15,18H,4-11H2,1-3H3/t12-,13?,14?,15?,17+/m0/s1. The predicted octanol–water partition coefficient (Wildman–Crippen LogP) is 3.03. The van der Waals surface area contributed by atoms with Gasteiger partial charge in [0.15, 0.2) is 0 Å². The van der Waals surface area contributed by atoms with E-state index < -0.39 is 0 Å². The third-order valence-electron chi connectivity index (χ3n) is 7.26. The average Bonchev–Trinajstić information content (AvgIpc) is 3.02. The van der Waals surface area contributed by atoms with Gasteiger partial charge in [-0.2, -0.15) is 0 Å². The molecule has 108 valence electrons. The predicted molar refractivity (Wildman–Crippen MR) is 79.2 cm³/mol. The lowest BCUT2D eigenvalue weighted by molar-refractivity contribution is 0.0937. The van der Waals surface area contributed by atoms with Crippen molar-refractivity contribution in [2.45, 2.75) is 77.4 Å². The second kappa shape index (κ2) is 3.98. The van der Waals surface area contributed by atoms with Gasteiger partial charge >= 0.3 is 0 Å². The Bertz CT molecular complexity index is 373. The van der Waals surface area contributed by atoms with Crippen LogP contribution in [0.3, 0.4) is 0 Å². The molecule has 4 rings (SSSR count). The molecule has 2 heteroatoms. The van der Waals surface area contributed by atoms with Gasteiger partial charge in [-0.25, -0.2) is 0 Å². The minimum absolute atomic E-state index is 0.513. The lowest BCUT2D eigenvalue weighted by Gasteiger charge is -2.45. The molecular formula is C17H30N2. The summed E-state index contributed by atoms with van der Waals surface area (Å²) >= 11 is 0. The molecular weight excluding hydrogens is 232 g/mol. The number of nitrogens with zero attached hydrogens (tertiary/aromatic N) is 1. The second-order valence-corrected chi connectivity index (χ2v) is 8.66. The van der Waals surface area contributed by atoms with Crippen LogP contribution in [0.2, 0.25) is 0 Å². The monoisotopic (exact) mass is 262 g/mol. The highest BCUT2D eigenvalue weighted by atomic mass is 15.2. The summed E-state index contributed by atoms with van der Waals surface area (Å²) in [6, 6.07) is 2.39. The molecule has 2 saturated carbocycles. The fraction of sp³-hybridized carbons (Fsp3) is 1.00. The molecule has 2 nitrogen and oxygen atoms in total. The summed E-state index contributed by atoms with van der Waals surface area (Å²) in [7, 11) is 0. The number of nitrogens with one attached hydrogen (secondary N) is 1. The SMILES string of the molecule is CC1(C)C(NC2CCN3CCCC23)[C@]2(C)CC[C@H]1C2. The molecule has 0 aromatic rings. The Hall–Kier alpha value is -0.0800. The van der Waals surface area contributed by atoms with Crippen molar-refractivity contribution in [2.24, 2.45) is 16.7 Å². The zero-order valence-corrected chi connectivity index (χ0v) is 12.9. The van der Waals surface area contributed by atoms with Crippen molar-refractivity contribution in [1.29, 1.82) is 0 Å². The Morgan fingerprint density at radius 3 is 2.63 bits per heavy atom. The Labute approximate surface area is 118 Å². The Kier molecular flexibility index (Phi) is 2.65. The fourth-order valence-electron chi connectivity index (χ4n) is 6.21. The normalized spacial score (nSPS) is 51.9. The molecule has 2 aliphatic heterocycles. The van der Waals surface area contributed by atoms with Crippen LogP contribution in [0.5, 0.6) is 0 Å². The van der Waals surface area contributed by atoms with Gasteiger partial charge in [0.1, 0.15) is 0 Å². The molecule has 0 aromatic carbocycles. The topological polar surface area (TPSA) is 15.3 Å². The van der Waals surface area contributed by atoms with Crippen LogP contribution in [-0.2, 0) is 0 Å². The van der Waals surface area contributed by atoms with E-state index in [9.17, 15) is 0 Å². The van der Waals surface area contributed by atoms with E-state index >= 15 is 0 Å². The third kappa shape index (κ3) is 1.68. The first-order valence-electron chi connectivity index (χ1n) is 8.51. The van der Waals surface area contributed by atoms with Crippen molar-refractivity contribution in [3.63, 3.8) is 0 Å². The van der Waals surface area contributed by atoms with Crippen LogP contribution in [-0.4, -0.2) is 36.1 Å². The summed E-state index contributed by atoms with van der Waals surface area (Å²) in [5.74, 6) is 0.969. The maximum Gasteiger partial charge on any atom is 0.0250 e. The minimum Gasteiger partial charge on any atom is -0.309 e. The summed E-state index contributed by atoms with van der Waals surface area (Å²) in [5.41, 5.74) is 1.10. The van der Waals surface area contributed by atoms with Gasteiger partial charge in [-0.15, -0.1) is 0 Å². The van der Waals surface area contributed by atoms with Crippen LogP contribution < -0.4 is 5.32 Å². The second-order valence-electron chi connectivity index (χ2n) is 8.66. The molecule has 4 aliphatic rings. The zero-order chi connectivity index (χ0) is 13.3. The van der Waals surface area contributed by atoms with Crippen molar-refractivity contribution in [1.82, 2.24) is 10.2 Å². The molecule has 5 atom stereocenters. The van der Waals surface area contributed by atoms with E-state index in [0.29, 0.717) is 10.8 Å². The van der Waals surface area contributed by atoms with Crippen LogP contribution in [0, 0.1) is 16.7 Å². The Morgan fingerprint density at radius 2 is 1.89 bits per heavy atom. The van der Waals surface area contributed by atoms with Gasteiger partial charge in [0.05, 0.1) is 0 Å². The van der Waals surface area contributed by atoms with E-state index in [4.69, 9.17) is 0 Å². The van der Waals surface area contributed by atoms with Crippen LogP contribution in [0.1, 0.15) is 59.3 Å². The van der Waals surface area contributed by atoms with Crippen LogP contribution in [0.15, 0.2) is 0 Å². The molecule has 19 heavy (non-hydrogen) atoms. The summed E-state index contributed by atoms with van der Waals surface area (Å²) in [5, 5.41) is 4.17. The maximum atomic E-state index is 4.17. The van der Waals surface area contributed by atoms with Gasteiger partial charge in [-0.05, 0) is 61.8 Å². The highest BCUT2D eigenvalue weighted by molar-refractivity contribution is 5.13. The van der Waals surface area contributed by atoms with Crippen molar-refractivity contribution >= 4 is 0 Å². The van der Waals surface area contributed by atoms with Crippen LogP contribution in [0.25, 0.3) is 0 Å². The lowest BCUT2D eigenvalue weighted by atomic mass is 9.68.